The van der Waals surface area contributed by atoms with E-state index in [0.29, 0.717) is 6.42 Å². The number of rotatable bonds is 7. The van der Waals surface area contributed by atoms with Gasteiger partial charge in [0.1, 0.15) is 0 Å². The van der Waals surface area contributed by atoms with Gasteiger partial charge in [-0.05, 0) is 43.5 Å². The van der Waals surface area contributed by atoms with E-state index in [1.807, 2.05) is 13.8 Å². The van der Waals surface area contributed by atoms with E-state index >= 15 is 0 Å². The molecule has 6 nitrogen and oxygen atoms in total. The molecule has 0 heterocycles. The highest BCUT2D eigenvalue weighted by molar-refractivity contribution is 7.89. The van der Waals surface area contributed by atoms with Crippen molar-refractivity contribution in [2.45, 2.75) is 25.2 Å². The molecule has 0 saturated carbocycles. The molecular weight excluding hydrogens is 312 g/mol. The fraction of sp³-hybridized carbons (Fsp3) is 0.538. The SMILES string of the molecule is Cc1ccc(S(=O)(=O)NCCCN(C)S(C)(=O)=O)cc1C. The van der Waals surface area contributed by atoms with Crippen LogP contribution < -0.4 is 4.72 Å². The maximum atomic E-state index is 12.1. The normalized spacial score (nSPS) is 12.8. The zero-order valence-corrected chi connectivity index (χ0v) is 14.4. The van der Waals surface area contributed by atoms with Crippen LogP contribution in [-0.2, 0) is 20.0 Å². The fourth-order valence-corrected chi connectivity index (χ4v) is 3.26. The molecule has 0 aliphatic rings. The summed E-state index contributed by atoms with van der Waals surface area (Å²) >= 11 is 0. The molecule has 0 aliphatic carbocycles. The predicted molar refractivity (Wildman–Crippen MR) is 83.2 cm³/mol. The number of hydrogen-bond acceptors (Lipinski definition) is 4. The summed E-state index contributed by atoms with van der Waals surface area (Å²) in [4.78, 5) is 0.224. The smallest absolute Gasteiger partial charge is 0.213 e. The molecule has 0 unspecified atom stereocenters. The minimum Gasteiger partial charge on any atom is -0.213 e. The molecule has 120 valence electrons. The summed E-state index contributed by atoms with van der Waals surface area (Å²) in [6.45, 7) is 4.24. The predicted octanol–water partition coefficient (Wildman–Crippen LogP) is 0.863. The standard InChI is InChI=1S/C13H22N2O4S2/c1-11-6-7-13(10-12(11)2)21(18,19)14-8-5-9-15(3)20(4,16)17/h6-7,10,14H,5,8-9H2,1-4H3. The van der Waals surface area contributed by atoms with Crippen molar-refractivity contribution >= 4 is 20.0 Å². The second kappa shape index (κ2) is 6.87. The molecule has 1 aromatic carbocycles. The van der Waals surface area contributed by atoms with Crippen molar-refractivity contribution in [1.82, 2.24) is 9.03 Å². The van der Waals surface area contributed by atoms with Gasteiger partial charge in [-0.15, -0.1) is 0 Å². The van der Waals surface area contributed by atoms with Gasteiger partial charge < -0.3 is 0 Å². The van der Waals surface area contributed by atoms with Gasteiger partial charge in [0, 0.05) is 20.1 Å². The van der Waals surface area contributed by atoms with Gasteiger partial charge in [0.05, 0.1) is 11.2 Å². The maximum Gasteiger partial charge on any atom is 0.240 e. The van der Waals surface area contributed by atoms with E-state index in [-0.39, 0.29) is 18.0 Å². The van der Waals surface area contributed by atoms with Crippen LogP contribution in [-0.4, -0.2) is 47.5 Å². The van der Waals surface area contributed by atoms with Crippen LogP contribution in [0.5, 0.6) is 0 Å². The highest BCUT2D eigenvalue weighted by atomic mass is 32.2. The molecule has 0 radical (unpaired) electrons. The lowest BCUT2D eigenvalue weighted by Crippen LogP contribution is -2.31. The molecule has 0 spiro atoms. The highest BCUT2D eigenvalue weighted by Crippen LogP contribution is 2.14. The van der Waals surface area contributed by atoms with E-state index in [2.05, 4.69) is 4.72 Å². The van der Waals surface area contributed by atoms with Crippen LogP contribution in [0, 0.1) is 13.8 Å². The fourth-order valence-electron chi connectivity index (χ4n) is 1.64. The molecule has 0 saturated heterocycles. The Morgan fingerprint density at radius 2 is 1.71 bits per heavy atom. The van der Waals surface area contributed by atoms with E-state index < -0.39 is 20.0 Å². The monoisotopic (exact) mass is 334 g/mol. The number of aryl methyl sites for hydroxylation is 2. The second-order valence-corrected chi connectivity index (χ2v) is 8.94. The van der Waals surface area contributed by atoms with Gasteiger partial charge in [-0.3, -0.25) is 0 Å². The minimum absolute atomic E-state index is 0.190. The number of hydrogen-bond donors (Lipinski definition) is 1. The third-order valence-corrected chi connectivity index (χ3v) is 6.07. The van der Waals surface area contributed by atoms with Crippen LogP contribution in [0.2, 0.25) is 0 Å². The Labute approximate surface area is 127 Å². The van der Waals surface area contributed by atoms with E-state index in [4.69, 9.17) is 0 Å². The number of nitrogens with zero attached hydrogens (tertiary/aromatic N) is 1. The van der Waals surface area contributed by atoms with Gasteiger partial charge in [0.15, 0.2) is 0 Å². The van der Waals surface area contributed by atoms with Crippen molar-refractivity contribution in [3.8, 4) is 0 Å². The highest BCUT2D eigenvalue weighted by Gasteiger charge is 2.15. The summed E-state index contributed by atoms with van der Waals surface area (Å²) in [5.74, 6) is 0. The van der Waals surface area contributed by atoms with Crippen molar-refractivity contribution < 1.29 is 16.8 Å². The molecular formula is C13H22N2O4S2. The Bertz CT molecular complexity index is 697. The zero-order chi connectivity index (χ0) is 16.3. The number of benzene rings is 1. The summed E-state index contributed by atoms with van der Waals surface area (Å²) in [7, 11) is -5.31. The first kappa shape index (κ1) is 18.1. The molecule has 1 rings (SSSR count). The Morgan fingerprint density at radius 3 is 2.24 bits per heavy atom. The molecule has 0 aliphatic heterocycles. The van der Waals surface area contributed by atoms with Crippen molar-refractivity contribution in [1.29, 1.82) is 0 Å². The number of sulfonamides is 2. The topological polar surface area (TPSA) is 83.6 Å². The van der Waals surface area contributed by atoms with Gasteiger partial charge >= 0.3 is 0 Å². The van der Waals surface area contributed by atoms with E-state index in [9.17, 15) is 16.8 Å². The van der Waals surface area contributed by atoms with Gasteiger partial charge in [-0.2, -0.15) is 0 Å². The Hall–Kier alpha value is -0.960. The molecule has 0 atom stereocenters. The van der Waals surface area contributed by atoms with Gasteiger partial charge in [-0.1, -0.05) is 6.07 Å². The largest absolute Gasteiger partial charge is 0.240 e. The van der Waals surface area contributed by atoms with Crippen molar-refractivity contribution in [3.63, 3.8) is 0 Å². The lowest BCUT2D eigenvalue weighted by Gasteiger charge is -2.14. The van der Waals surface area contributed by atoms with Crippen LogP contribution >= 0.6 is 0 Å². The molecule has 0 fully saturated rings. The van der Waals surface area contributed by atoms with Crippen molar-refractivity contribution in [3.05, 3.63) is 29.3 Å². The van der Waals surface area contributed by atoms with E-state index in [0.717, 1.165) is 17.4 Å². The summed E-state index contributed by atoms with van der Waals surface area (Å²) in [5.41, 5.74) is 1.94. The second-order valence-electron chi connectivity index (χ2n) is 5.08. The van der Waals surface area contributed by atoms with Gasteiger partial charge in [-0.25, -0.2) is 25.9 Å². The quantitative estimate of drug-likeness (QED) is 0.750. The van der Waals surface area contributed by atoms with Crippen molar-refractivity contribution in [2.75, 3.05) is 26.4 Å². The number of nitrogens with one attached hydrogen (secondary N) is 1. The van der Waals surface area contributed by atoms with Gasteiger partial charge in [0.2, 0.25) is 20.0 Å². The van der Waals surface area contributed by atoms with E-state index in [1.54, 1.807) is 18.2 Å². The first-order valence-electron chi connectivity index (χ1n) is 6.52. The van der Waals surface area contributed by atoms with E-state index in [1.165, 1.54) is 11.4 Å². The Morgan fingerprint density at radius 1 is 1.10 bits per heavy atom. The lowest BCUT2D eigenvalue weighted by atomic mass is 10.1. The van der Waals surface area contributed by atoms with Crippen molar-refractivity contribution in [2.24, 2.45) is 0 Å². The maximum absolute atomic E-state index is 12.1. The molecule has 21 heavy (non-hydrogen) atoms. The Balaban J connectivity index is 2.60. The third-order valence-electron chi connectivity index (χ3n) is 3.30. The lowest BCUT2D eigenvalue weighted by molar-refractivity contribution is 0.465. The molecule has 0 aromatic heterocycles. The van der Waals surface area contributed by atoms with Crippen LogP contribution in [0.3, 0.4) is 0 Å². The van der Waals surface area contributed by atoms with Crippen LogP contribution in [0.1, 0.15) is 17.5 Å². The average molecular weight is 334 g/mol. The zero-order valence-electron chi connectivity index (χ0n) is 12.8. The molecule has 0 bridgehead atoms. The molecule has 1 N–H and O–H groups in total. The van der Waals surface area contributed by atoms with Crippen LogP contribution in [0.25, 0.3) is 0 Å². The van der Waals surface area contributed by atoms with Crippen LogP contribution in [0.4, 0.5) is 0 Å². The average Bonchev–Trinajstić information content (AvgIpc) is 2.36. The van der Waals surface area contributed by atoms with Gasteiger partial charge in [0.25, 0.3) is 0 Å². The summed E-state index contributed by atoms with van der Waals surface area (Å²) in [6, 6.07) is 4.95. The van der Waals surface area contributed by atoms with Crippen LogP contribution in [0.15, 0.2) is 23.1 Å². The first-order chi connectivity index (χ1) is 9.54. The molecule has 8 heteroatoms. The molecule has 1 aromatic rings. The third kappa shape index (κ3) is 5.39. The molecule has 0 amide bonds. The first-order valence-corrected chi connectivity index (χ1v) is 9.85. The summed E-state index contributed by atoms with van der Waals surface area (Å²) in [6.07, 6.45) is 1.53. The summed E-state index contributed by atoms with van der Waals surface area (Å²) in [5, 5.41) is 0. The minimum atomic E-state index is -3.55. The summed E-state index contributed by atoms with van der Waals surface area (Å²) < 4.78 is 50.3. The Kier molecular flexibility index (Phi) is 5.92.